The molecule has 13 nitrogen and oxygen atoms in total. The third-order valence-electron chi connectivity index (χ3n) is 9.56. The van der Waals surface area contributed by atoms with Gasteiger partial charge in [0, 0.05) is 24.4 Å². The van der Waals surface area contributed by atoms with E-state index in [2.05, 4.69) is 20.6 Å². The summed E-state index contributed by atoms with van der Waals surface area (Å²) in [6.07, 6.45) is 8.61. The molecule has 0 saturated heterocycles. The summed E-state index contributed by atoms with van der Waals surface area (Å²) in [6, 6.07) is 12.9. The number of aromatic amines is 1. The lowest BCUT2D eigenvalue weighted by Crippen LogP contribution is -2.43. The normalized spacial score (nSPS) is 20.6. The molecule has 2 aromatic heterocycles. The minimum atomic E-state index is -1.63. The first kappa shape index (κ1) is 36.7. The van der Waals surface area contributed by atoms with Crippen LogP contribution in [0.2, 0.25) is 0 Å². The Labute approximate surface area is 289 Å². The van der Waals surface area contributed by atoms with Crippen LogP contribution in [0.1, 0.15) is 106 Å². The average Bonchev–Trinajstić information content (AvgIpc) is 3.68. The van der Waals surface area contributed by atoms with Crippen molar-refractivity contribution in [2.45, 2.75) is 101 Å². The molecular weight excluding hydrogens is 647 g/mol. The molecule has 6 N–H and O–H groups in total. The summed E-state index contributed by atoms with van der Waals surface area (Å²) < 4.78 is 19.4. The van der Waals surface area contributed by atoms with Crippen molar-refractivity contribution >= 4 is 11.9 Å². The molecule has 2 aliphatic rings. The van der Waals surface area contributed by atoms with Crippen molar-refractivity contribution in [1.29, 1.82) is 0 Å². The smallest absolute Gasteiger partial charge is 0.335 e. The van der Waals surface area contributed by atoms with Gasteiger partial charge in [0.15, 0.2) is 11.4 Å². The molecule has 0 fully saturated rings. The van der Waals surface area contributed by atoms with E-state index in [0.717, 1.165) is 61.8 Å². The first-order chi connectivity index (χ1) is 24.1. The minimum absolute atomic E-state index is 0.00831. The van der Waals surface area contributed by atoms with Crippen molar-refractivity contribution < 1.29 is 44.2 Å². The van der Waals surface area contributed by atoms with Crippen LogP contribution in [0.3, 0.4) is 0 Å². The maximum Gasteiger partial charge on any atom is 0.335 e. The van der Waals surface area contributed by atoms with E-state index < -0.39 is 23.2 Å². The van der Waals surface area contributed by atoms with Gasteiger partial charge in [-0.1, -0.05) is 54.0 Å². The SMILES string of the molecule is O=C(O)c1ccc(CC2(F)CCCCCc3nnn(CCO)c32)cc1.O=C(O)c1ccc(CC2(O)CCCCCc3c2n[nH][n+]3CCO)cc1. The predicted octanol–water partition coefficient (Wildman–Crippen LogP) is 3.43. The van der Waals surface area contributed by atoms with Crippen LogP contribution >= 0.6 is 0 Å². The van der Waals surface area contributed by atoms with Gasteiger partial charge in [-0.25, -0.2) is 18.7 Å². The highest BCUT2D eigenvalue weighted by Crippen LogP contribution is 2.39. The first-order valence-corrected chi connectivity index (χ1v) is 17.2. The quantitative estimate of drug-likeness (QED) is 0.134. The van der Waals surface area contributed by atoms with Gasteiger partial charge in [-0.2, -0.15) is 4.68 Å². The second kappa shape index (κ2) is 16.5. The first-order valence-electron chi connectivity index (χ1n) is 17.2. The third kappa shape index (κ3) is 8.60. The summed E-state index contributed by atoms with van der Waals surface area (Å²) in [4.78, 5) is 22.0. The lowest BCUT2D eigenvalue weighted by Gasteiger charge is -2.28. The number of aliphatic hydroxyl groups excluding tert-OH is 2. The average molecular weight is 694 g/mol. The number of H-pyrrole nitrogens is 1. The highest BCUT2D eigenvalue weighted by atomic mass is 19.1. The van der Waals surface area contributed by atoms with Gasteiger partial charge in [0.25, 0.3) is 5.69 Å². The largest absolute Gasteiger partial charge is 0.478 e. The van der Waals surface area contributed by atoms with Gasteiger partial charge in [0.05, 0.1) is 42.3 Å². The van der Waals surface area contributed by atoms with Crippen LogP contribution < -0.4 is 4.68 Å². The summed E-state index contributed by atoms with van der Waals surface area (Å²) in [7, 11) is 0. The molecule has 0 aliphatic heterocycles. The van der Waals surface area contributed by atoms with Crippen molar-refractivity contribution in [2.75, 3.05) is 13.2 Å². The molecule has 14 heteroatoms. The summed E-state index contributed by atoms with van der Waals surface area (Å²) in [5.74, 6) is -1.96. The van der Waals surface area contributed by atoms with Gasteiger partial charge in [0.2, 0.25) is 0 Å². The zero-order valence-electron chi connectivity index (χ0n) is 28.1. The molecule has 2 aromatic carbocycles. The number of carboxylic acid groups (broad SMARTS) is 2. The number of aromatic carboxylic acids is 2. The van der Waals surface area contributed by atoms with Gasteiger partial charge in [-0.3, -0.25) is 0 Å². The van der Waals surface area contributed by atoms with Crippen LogP contribution in [0, 0.1) is 0 Å². The number of aromatic nitrogens is 6. The Bertz CT molecular complexity index is 1730. The lowest BCUT2D eigenvalue weighted by atomic mass is 9.82. The van der Waals surface area contributed by atoms with E-state index in [9.17, 15) is 24.9 Å². The van der Waals surface area contributed by atoms with Crippen LogP contribution in [0.15, 0.2) is 48.5 Å². The van der Waals surface area contributed by atoms with Crippen molar-refractivity contribution in [3.05, 3.63) is 93.6 Å². The van der Waals surface area contributed by atoms with Gasteiger partial charge >= 0.3 is 11.9 Å². The Kier molecular flexibility index (Phi) is 12.1. The number of carbonyl (C=O) groups is 2. The van der Waals surface area contributed by atoms with E-state index in [1.54, 1.807) is 41.1 Å². The number of hydrogen-bond donors (Lipinski definition) is 6. The van der Waals surface area contributed by atoms with E-state index in [4.69, 9.17) is 10.2 Å². The predicted molar refractivity (Wildman–Crippen MR) is 178 cm³/mol. The van der Waals surface area contributed by atoms with Crippen LogP contribution in [-0.4, -0.2) is 76.0 Å². The van der Waals surface area contributed by atoms with E-state index in [1.807, 2.05) is 0 Å². The number of hydrogen-bond acceptors (Lipinski definition) is 8. The van der Waals surface area contributed by atoms with Gasteiger partial charge in [-0.05, 0) is 73.9 Å². The highest BCUT2D eigenvalue weighted by molar-refractivity contribution is 5.88. The number of aliphatic hydroxyl groups is 3. The fourth-order valence-electron chi connectivity index (χ4n) is 7.07. The number of nitrogens with one attached hydrogen (secondary N) is 1. The summed E-state index contributed by atoms with van der Waals surface area (Å²) in [5, 5.41) is 63.3. The highest BCUT2D eigenvalue weighted by Gasteiger charge is 2.42. The molecule has 6 rings (SSSR count). The molecule has 2 atom stereocenters. The lowest BCUT2D eigenvalue weighted by molar-refractivity contribution is -0.760. The molecular formula is C36H46FN6O7+. The molecule has 2 aliphatic carbocycles. The molecule has 0 radical (unpaired) electrons. The minimum Gasteiger partial charge on any atom is -0.478 e. The number of nitrogens with zero attached hydrogens (tertiary/aromatic N) is 5. The fraction of sp³-hybridized carbons (Fsp3) is 0.500. The number of rotatable bonds is 10. The second-order valence-electron chi connectivity index (χ2n) is 13.2. The summed E-state index contributed by atoms with van der Waals surface area (Å²) in [6.45, 7) is 0.519. The van der Waals surface area contributed by atoms with Gasteiger partial charge in [-0.15, -0.1) is 5.10 Å². The molecule has 4 aromatic rings. The maximum atomic E-state index is 16.1. The number of alkyl halides is 1. The number of aryl methyl sites for hydroxylation is 1. The van der Waals surface area contributed by atoms with Crippen molar-refractivity contribution in [1.82, 2.24) is 25.3 Å². The Hall–Kier alpha value is -4.53. The number of carboxylic acids is 2. The van der Waals surface area contributed by atoms with Crippen LogP contribution in [-0.2, 0) is 50.0 Å². The van der Waals surface area contributed by atoms with Gasteiger partial charge < -0.3 is 25.5 Å². The number of fused-ring (bicyclic) bond motifs is 2. The molecule has 0 amide bonds. The Morgan fingerprint density at radius 3 is 2.02 bits per heavy atom. The zero-order valence-corrected chi connectivity index (χ0v) is 28.1. The third-order valence-corrected chi connectivity index (χ3v) is 9.56. The van der Waals surface area contributed by atoms with Crippen molar-refractivity contribution in [3.8, 4) is 0 Å². The van der Waals surface area contributed by atoms with Crippen LogP contribution in [0.5, 0.6) is 0 Å². The van der Waals surface area contributed by atoms with E-state index in [-0.39, 0.29) is 37.3 Å². The number of benzene rings is 2. The molecule has 268 valence electrons. The van der Waals surface area contributed by atoms with Gasteiger partial charge in [0.1, 0.15) is 12.1 Å². The van der Waals surface area contributed by atoms with E-state index in [1.165, 1.54) is 16.8 Å². The van der Waals surface area contributed by atoms with Crippen molar-refractivity contribution in [2.24, 2.45) is 0 Å². The van der Waals surface area contributed by atoms with Crippen LogP contribution in [0.4, 0.5) is 4.39 Å². The molecule has 0 bridgehead atoms. The second-order valence-corrected chi connectivity index (χ2v) is 13.2. The Morgan fingerprint density at radius 1 is 0.820 bits per heavy atom. The standard InChI is InChI=1S/C18H22FN3O3.C18H23N3O4/c19-18(12-13-5-7-14(8-6-13)17(24)25)9-3-1-2-4-15-16(18)22(10-11-23)21-20-15;22-11-10-21-15-4-2-1-3-9-18(25,16(15)19-20-21)12-13-5-7-14(8-6-13)17(23)24/h5-8,23H,1-4,9-12H2,(H,24,25);5-8,22,25H,1-4,9-12H2,(H,23,24)/p+1. The Balaban J connectivity index is 0.000000194. The summed E-state index contributed by atoms with van der Waals surface area (Å²) >= 11 is 0. The number of halogens is 1. The maximum absolute atomic E-state index is 16.1. The monoisotopic (exact) mass is 693 g/mol. The zero-order chi connectivity index (χ0) is 35.7. The van der Waals surface area contributed by atoms with E-state index >= 15 is 4.39 Å². The van der Waals surface area contributed by atoms with Crippen molar-refractivity contribution in [3.63, 3.8) is 0 Å². The molecule has 0 spiro atoms. The molecule has 50 heavy (non-hydrogen) atoms. The topological polar surface area (TPSA) is 199 Å². The molecule has 0 saturated carbocycles. The molecule has 2 heterocycles. The Morgan fingerprint density at radius 2 is 1.42 bits per heavy atom. The molecule has 2 unspecified atom stereocenters. The fourth-order valence-corrected chi connectivity index (χ4v) is 7.07. The van der Waals surface area contributed by atoms with Crippen LogP contribution in [0.25, 0.3) is 0 Å². The summed E-state index contributed by atoms with van der Waals surface area (Å²) in [5.41, 5.74) is 2.00. The van der Waals surface area contributed by atoms with E-state index in [0.29, 0.717) is 49.3 Å².